The summed E-state index contributed by atoms with van der Waals surface area (Å²) in [5.74, 6) is 0.997. The molecule has 3 rings (SSSR count). The Hall–Kier alpha value is -1.51. The standard InChI is InChI=1S/C19H18Cl3NO5S/c1-26-15-4-2-3-11(18-23-14(9-29-18)19(24)25)16(15)27-5-6-28-17-12(21)7-10(20)8-13(17)22/h2-4,7-8,14,18,23H,5-6,9H2,1H3,(H,24,25). The van der Waals surface area contributed by atoms with Gasteiger partial charge >= 0.3 is 5.97 Å². The lowest BCUT2D eigenvalue weighted by molar-refractivity contribution is -0.138. The van der Waals surface area contributed by atoms with Gasteiger partial charge in [-0.2, -0.15) is 0 Å². The maximum Gasteiger partial charge on any atom is 0.321 e. The van der Waals surface area contributed by atoms with E-state index in [1.807, 2.05) is 12.1 Å². The maximum absolute atomic E-state index is 11.2. The number of carboxylic acids is 1. The number of aliphatic carboxylic acids is 1. The molecule has 10 heteroatoms. The van der Waals surface area contributed by atoms with Gasteiger partial charge in [0.1, 0.15) is 19.3 Å². The summed E-state index contributed by atoms with van der Waals surface area (Å²) in [4.78, 5) is 11.2. The molecule has 1 saturated heterocycles. The summed E-state index contributed by atoms with van der Waals surface area (Å²) in [6.07, 6.45) is 0. The molecule has 1 heterocycles. The average Bonchev–Trinajstić information content (AvgIpc) is 3.17. The van der Waals surface area contributed by atoms with Gasteiger partial charge < -0.3 is 19.3 Å². The van der Waals surface area contributed by atoms with Gasteiger partial charge in [-0.15, -0.1) is 11.8 Å². The third kappa shape index (κ3) is 5.35. The summed E-state index contributed by atoms with van der Waals surface area (Å²) in [6.45, 7) is 0.379. The number of halogens is 3. The Morgan fingerprint density at radius 1 is 1.17 bits per heavy atom. The van der Waals surface area contributed by atoms with Crippen LogP contribution in [0.25, 0.3) is 0 Å². The normalized spacial score (nSPS) is 18.5. The van der Waals surface area contributed by atoms with Crippen molar-refractivity contribution in [3.05, 3.63) is 51.0 Å². The van der Waals surface area contributed by atoms with Crippen molar-refractivity contribution in [1.29, 1.82) is 0 Å². The van der Waals surface area contributed by atoms with Crippen molar-refractivity contribution in [3.63, 3.8) is 0 Å². The molecule has 29 heavy (non-hydrogen) atoms. The molecule has 0 saturated carbocycles. The number of nitrogens with one attached hydrogen (secondary N) is 1. The monoisotopic (exact) mass is 477 g/mol. The van der Waals surface area contributed by atoms with Gasteiger partial charge in [0.25, 0.3) is 0 Å². The van der Waals surface area contributed by atoms with Crippen LogP contribution in [0.2, 0.25) is 15.1 Å². The number of hydrogen-bond donors (Lipinski definition) is 2. The average molecular weight is 479 g/mol. The van der Waals surface area contributed by atoms with E-state index in [0.29, 0.717) is 38.1 Å². The Balaban J connectivity index is 1.68. The van der Waals surface area contributed by atoms with Gasteiger partial charge in [0, 0.05) is 16.3 Å². The molecule has 2 unspecified atom stereocenters. The van der Waals surface area contributed by atoms with Crippen LogP contribution in [0.3, 0.4) is 0 Å². The number of carboxylic acid groups (broad SMARTS) is 1. The predicted octanol–water partition coefficient (Wildman–Crippen LogP) is 4.90. The van der Waals surface area contributed by atoms with E-state index in [1.165, 1.54) is 11.8 Å². The summed E-state index contributed by atoms with van der Waals surface area (Å²) in [6, 6.07) is 7.97. The van der Waals surface area contributed by atoms with E-state index in [1.54, 1.807) is 25.3 Å². The molecule has 0 radical (unpaired) electrons. The summed E-state index contributed by atoms with van der Waals surface area (Å²) in [7, 11) is 1.55. The first-order chi connectivity index (χ1) is 13.9. The SMILES string of the molecule is COc1cccc(C2NC(C(=O)O)CS2)c1OCCOc1c(Cl)cc(Cl)cc1Cl. The van der Waals surface area contributed by atoms with Crippen molar-refractivity contribution in [3.8, 4) is 17.2 Å². The van der Waals surface area contributed by atoms with Crippen LogP contribution in [0.5, 0.6) is 17.2 Å². The molecule has 0 aromatic heterocycles. The summed E-state index contributed by atoms with van der Waals surface area (Å²) in [5.41, 5.74) is 0.806. The topological polar surface area (TPSA) is 77.0 Å². The molecule has 1 fully saturated rings. The van der Waals surface area contributed by atoms with Crippen molar-refractivity contribution in [2.45, 2.75) is 11.4 Å². The van der Waals surface area contributed by atoms with Crippen LogP contribution in [0, 0.1) is 0 Å². The lowest BCUT2D eigenvalue weighted by Gasteiger charge is -2.19. The van der Waals surface area contributed by atoms with Gasteiger partial charge in [0.05, 0.1) is 22.5 Å². The molecule has 1 aliphatic rings. The highest BCUT2D eigenvalue weighted by Gasteiger charge is 2.32. The molecule has 2 N–H and O–H groups in total. The highest BCUT2D eigenvalue weighted by atomic mass is 35.5. The van der Waals surface area contributed by atoms with E-state index in [2.05, 4.69) is 5.32 Å². The number of rotatable bonds is 8. The molecule has 2 aromatic rings. The van der Waals surface area contributed by atoms with Crippen LogP contribution in [0.1, 0.15) is 10.9 Å². The number of methoxy groups -OCH3 is 1. The van der Waals surface area contributed by atoms with Crippen LogP contribution < -0.4 is 19.5 Å². The molecule has 0 bridgehead atoms. The van der Waals surface area contributed by atoms with Crippen molar-refractivity contribution >= 4 is 52.5 Å². The second kappa shape index (κ2) is 10.00. The smallest absolute Gasteiger partial charge is 0.321 e. The summed E-state index contributed by atoms with van der Waals surface area (Å²) in [5, 5.41) is 13.1. The first-order valence-electron chi connectivity index (χ1n) is 8.58. The number of benzene rings is 2. The molecule has 2 atom stereocenters. The van der Waals surface area contributed by atoms with Gasteiger partial charge in [-0.1, -0.05) is 46.9 Å². The zero-order chi connectivity index (χ0) is 21.0. The Labute approximate surface area is 187 Å². The van der Waals surface area contributed by atoms with Gasteiger partial charge in [0.15, 0.2) is 17.2 Å². The van der Waals surface area contributed by atoms with Crippen LogP contribution >= 0.6 is 46.6 Å². The van der Waals surface area contributed by atoms with Gasteiger partial charge in [-0.25, -0.2) is 0 Å². The van der Waals surface area contributed by atoms with Crippen molar-refractivity contribution in [2.24, 2.45) is 0 Å². The van der Waals surface area contributed by atoms with Crippen molar-refractivity contribution < 1.29 is 24.1 Å². The Morgan fingerprint density at radius 3 is 2.41 bits per heavy atom. The Morgan fingerprint density at radius 2 is 1.83 bits per heavy atom. The molecular formula is C19H18Cl3NO5S. The van der Waals surface area contributed by atoms with Crippen LogP contribution in [0.4, 0.5) is 0 Å². The number of hydrogen-bond acceptors (Lipinski definition) is 6. The minimum Gasteiger partial charge on any atom is -0.493 e. The molecule has 0 spiro atoms. The van der Waals surface area contributed by atoms with E-state index in [4.69, 9.17) is 49.0 Å². The fourth-order valence-corrected chi connectivity index (χ4v) is 4.98. The number of carbonyl (C=O) groups is 1. The molecule has 0 amide bonds. The second-order valence-electron chi connectivity index (χ2n) is 6.04. The Kier molecular flexibility index (Phi) is 7.65. The summed E-state index contributed by atoms with van der Waals surface area (Å²) < 4.78 is 17.0. The van der Waals surface area contributed by atoms with Crippen molar-refractivity contribution in [2.75, 3.05) is 26.1 Å². The lowest BCUT2D eigenvalue weighted by atomic mass is 10.1. The van der Waals surface area contributed by atoms with Crippen LogP contribution in [0.15, 0.2) is 30.3 Å². The number of thioether (sulfide) groups is 1. The van der Waals surface area contributed by atoms with E-state index in [-0.39, 0.29) is 18.6 Å². The second-order valence-corrected chi connectivity index (χ2v) is 8.43. The molecule has 156 valence electrons. The minimum atomic E-state index is -0.879. The quantitative estimate of drug-likeness (QED) is 0.522. The molecular weight excluding hydrogens is 461 g/mol. The van der Waals surface area contributed by atoms with E-state index < -0.39 is 12.0 Å². The van der Waals surface area contributed by atoms with E-state index in [0.717, 1.165) is 5.56 Å². The minimum absolute atomic E-state index is 0.182. The first-order valence-corrected chi connectivity index (χ1v) is 10.8. The zero-order valence-electron chi connectivity index (χ0n) is 15.3. The highest BCUT2D eigenvalue weighted by Crippen LogP contribution is 2.42. The molecule has 1 aliphatic heterocycles. The first kappa shape index (κ1) is 22.2. The highest BCUT2D eigenvalue weighted by molar-refractivity contribution is 7.99. The van der Waals surface area contributed by atoms with E-state index >= 15 is 0 Å². The van der Waals surface area contributed by atoms with Gasteiger partial charge in [-0.3, -0.25) is 10.1 Å². The zero-order valence-corrected chi connectivity index (χ0v) is 18.4. The number of ether oxygens (including phenoxy) is 3. The van der Waals surface area contributed by atoms with Crippen LogP contribution in [-0.4, -0.2) is 43.2 Å². The third-order valence-corrected chi connectivity index (χ3v) is 6.16. The predicted molar refractivity (Wildman–Crippen MR) is 115 cm³/mol. The van der Waals surface area contributed by atoms with Crippen molar-refractivity contribution in [1.82, 2.24) is 5.32 Å². The summed E-state index contributed by atoms with van der Waals surface area (Å²) >= 11 is 19.6. The Bertz CT molecular complexity index is 875. The third-order valence-electron chi connectivity index (χ3n) is 4.13. The van der Waals surface area contributed by atoms with Gasteiger partial charge in [0.2, 0.25) is 0 Å². The molecule has 0 aliphatic carbocycles. The van der Waals surface area contributed by atoms with E-state index in [9.17, 15) is 9.90 Å². The van der Waals surface area contributed by atoms with Gasteiger partial charge in [-0.05, 0) is 18.2 Å². The maximum atomic E-state index is 11.2. The molecule has 2 aromatic carbocycles. The fraction of sp³-hybridized carbons (Fsp3) is 0.316. The lowest BCUT2D eigenvalue weighted by Crippen LogP contribution is -2.33. The number of para-hydroxylation sites is 1. The fourth-order valence-electron chi connectivity index (χ4n) is 2.80. The van der Waals surface area contributed by atoms with Crippen LogP contribution in [-0.2, 0) is 4.79 Å². The molecule has 6 nitrogen and oxygen atoms in total. The largest absolute Gasteiger partial charge is 0.493 e.